The van der Waals surface area contributed by atoms with Crippen LogP contribution in [-0.4, -0.2) is 112 Å². The highest BCUT2D eigenvalue weighted by atomic mass is 32.2. The molecular weight excluding hydrogens is 559 g/mol. The summed E-state index contributed by atoms with van der Waals surface area (Å²) in [4.78, 5) is 12.6. The predicted octanol–water partition coefficient (Wildman–Crippen LogP) is 1.11. The number of hydrogen-bond donors (Lipinski definition) is 2. The maximum Gasteiger partial charge on any atom is 0.421 e. The van der Waals surface area contributed by atoms with Crippen molar-refractivity contribution in [1.82, 2.24) is 19.2 Å². The number of fused-ring (bicyclic) bond motifs is 2. The number of aliphatic hydroxyl groups excluding tert-OH is 1. The van der Waals surface area contributed by atoms with Gasteiger partial charge in [-0.15, -0.1) is 0 Å². The van der Waals surface area contributed by atoms with Gasteiger partial charge in [-0.2, -0.15) is 17.5 Å². The zero-order valence-corrected chi connectivity index (χ0v) is 22.8. The van der Waals surface area contributed by atoms with Crippen molar-refractivity contribution >= 4 is 33.1 Å². The molecule has 4 unspecified atom stereocenters. The Morgan fingerprint density at radius 2 is 1.92 bits per heavy atom. The van der Waals surface area contributed by atoms with E-state index in [9.17, 15) is 31.8 Å². The number of morpholine rings is 1. The van der Waals surface area contributed by atoms with Crippen LogP contribution in [0.5, 0.6) is 0 Å². The number of hydrogen-bond acceptors (Lipinski definition) is 10. The molecule has 1 aromatic heterocycles. The Bertz CT molecular complexity index is 1270. The number of alkyl halides is 3. The molecule has 0 spiro atoms. The summed E-state index contributed by atoms with van der Waals surface area (Å²) in [7, 11) is -3.89. The van der Waals surface area contributed by atoms with Gasteiger partial charge in [0.2, 0.25) is 16.0 Å². The number of piperazine rings is 1. The molecule has 0 aromatic carbocycles. The molecule has 4 heterocycles. The standard InChI is InChI=1S/C24H30F3N5O5S2/c1-23(34,24(25,26)27)15-9-28-22(29-10-15)31-7-6-30(39(35,36)21-5-3-2-4-20(21)38)11-17(31)12-32-16-8-19(33)18(32)14-37-13-16/h2-3,5,9-10,16-19,33-34H,4,6-8,11-14H2,1H3/t16?,17-,18?,19?,23?/m1/s1. The third kappa shape index (κ3) is 5.25. The van der Waals surface area contributed by atoms with E-state index in [0.29, 0.717) is 44.4 Å². The van der Waals surface area contributed by atoms with Crippen molar-refractivity contribution in [3.05, 3.63) is 41.1 Å². The number of allylic oxidation sites excluding steroid dienone is 4. The second kappa shape index (κ2) is 10.4. The van der Waals surface area contributed by atoms with E-state index in [1.54, 1.807) is 17.1 Å². The average molecular weight is 590 g/mol. The monoisotopic (exact) mass is 589 g/mol. The lowest BCUT2D eigenvalue weighted by Gasteiger charge is -2.45. The number of anilines is 1. The molecule has 0 saturated carbocycles. The van der Waals surface area contributed by atoms with E-state index in [4.69, 9.17) is 17.0 Å². The summed E-state index contributed by atoms with van der Waals surface area (Å²) in [5.41, 5.74) is -3.63. The van der Waals surface area contributed by atoms with Crippen molar-refractivity contribution in [2.24, 2.45) is 0 Å². The summed E-state index contributed by atoms with van der Waals surface area (Å²) in [5.74, 6) is 0.121. The number of ether oxygens (including phenoxy) is 1. The molecule has 0 amide bonds. The van der Waals surface area contributed by atoms with Gasteiger partial charge >= 0.3 is 6.18 Å². The van der Waals surface area contributed by atoms with Gasteiger partial charge < -0.3 is 19.8 Å². The number of aliphatic hydroxyl groups is 2. The van der Waals surface area contributed by atoms with Gasteiger partial charge in [-0.05, 0) is 19.4 Å². The van der Waals surface area contributed by atoms with Crippen LogP contribution in [0.3, 0.4) is 0 Å². The van der Waals surface area contributed by atoms with Crippen molar-refractivity contribution in [2.45, 2.75) is 55.8 Å². The fraction of sp³-hybridized carbons (Fsp3) is 0.625. The Morgan fingerprint density at radius 3 is 2.56 bits per heavy atom. The number of aromatic nitrogens is 2. The Morgan fingerprint density at radius 1 is 1.21 bits per heavy atom. The molecule has 39 heavy (non-hydrogen) atoms. The quantitative estimate of drug-likeness (QED) is 0.467. The summed E-state index contributed by atoms with van der Waals surface area (Å²) in [6.45, 7) is 2.10. The largest absolute Gasteiger partial charge is 0.421 e. The van der Waals surface area contributed by atoms with E-state index in [1.807, 2.05) is 0 Å². The van der Waals surface area contributed by atoms with Crippen LogP contribution in [0.4, 0.5) is 19.1 Å². The van der Waals surface area contributed by atoms with Crippen molar-refractivity contribution in [2.75, 3.05) is 44.3 Å². The Labute approximate surface area is 229 Å². The second-order valence-electron chi connectivity index (χ2n) is 10.4. The zero-order valence-electron chi connectivity index (χ0n) is 21.2. The Balaban J connectivity index is 1.43. The molecule has 4 aliphatic rings. The number of nitrogens with zero attached hydrogens (tertiary/aromatic N) is 5. The number of thiocarbonyl (C=S) groups is 1. The molecule has 3 fully saturated rings. The minimum atomic E-state index is -4.92. The van der Waals surface area contributed by atoms with Crippen LogP contribution >= 0.6 is 12.2 Å². The fourth-order valence-electron chi connectivity index (χ4n) is 5.53. The first-order valence-electron chi connectivity index (χ1n) is 12.6. The van der Waals surface area contributed by atoms with Gasteiger partial charge in [0.15, 0.2) is 5.60 Å². The number of halogens is 3. The second-order valence-corrected chi connectivity index (χ2v) is 12.8. The summed E-state index contributed by atoms with van der Waals surface area (Å²) < 4.78 is 74.0. The van der Waals surface area contributed by atoms with Crippen LogP contribution < -0.4 is 4.90 Å². The van der Waals surface area contributed by atoms with Gasteiger partial charge in [-0.3, -0.25) is 4.90 Å². The van der Waals surface area contributed by atoms with E-state index in [-0.39, 0.29) is 42.6 Å². The van der Waals surface area contributed by atoms with Crippen molar-refractivity contribution in [1.29, 1.82) is 0 Å². The molecule has 15 heteroatoms. The van der Waals surface area contributed by atoms with E-state index in [1.165, 1.54) is 10.4 Å². The van der Waals surface area contributed by atoms with Crippen molar-refractivity contribution < 1.29 is 36.5 Å². The van der Waals surface area contributed by atoms with Gasteiger partial charge in [-0.25, -0.2) is 18.4 Å². The molecule has 5 atom stereocenters. The first kappa shape index (κ1) is 28.5. The van der Waals surface area contributed by atoms with E-state index < -0.39 is 39.5 Å². The van der Waals surface area contributed by atoms with Crippen molar-refractivity contribution in [3.8, 4) is 0 Å². The summed E-state index contributed by atoms with van der Waals surface area (Å²) in [6, 6.07) is -0.776. The van der Waals surface area contributed by atoms with Crippen LogP contribution in [0.1, 0.15) is 25.3 Å². The molecule has 2 N–H and O–H groups in total. The van der Waals surface area contributed by atoms with Crippen LogP contribution in [0.25, 0.3) is 0 Å². The van der Waals surface area contributed by atoms with Crippen molar-refractivity contribution in [3.63, 3.8) is 0 Å². The normalized spacial score (nSPS) is 30.4. The zero-order chi connectivity index (χ0) is 28.2. The molecule has 1 aromatic rings. The van der Waals surface area contributed by atoms with Crippen LogP contribution in [0, 0.1) is 0 Å². The fourth-order valence-corrected chi connectivity index (χ4v) is 7.60. The number of rotatable bonds is 6. The molecular formula is C24H30F3N5O5S2. The Kier molecular flexibility index (Phi) is 7.63. The van der Waals surface area contributed by atoms with Gasteiger partial charge in [0.05, 0.1) is 36.3 Å². The molecule has 214 valence electrons. The first-order valence-corrected chi connectivity index (χ1v) is 14.5. The minimum absolute atomic E-state index is 0.0449. The van der Waals surface area contributed by atoms with Crippen LogP contribution in [0.2, 0.25) is 0 Å². The van der Waals surface area contributed by atoms with Gasteiger partial charge in [0, 0.05) is 61.5 Å². The summed E-state index contributed by atoms with van der Waals surface area (Å²) >= 11 is 5.32. The van der Waals surface area contributed by atoms with E-state index in [2.05, 4.69) is 14.9 Å². The first-order chi connectivity index (χ1) is 18.3. The third-order valence-electron chi connectivity index (χ3n) is 7.91. The lowest BCUT2D eigenvalue weighted by molar-refractivity contribution is -0.259. The third-order valence-corrected chi connectivity index (χ3v) is 10.4. The van der Waals surface area contributed by atoms with Crippen LogP contribution in [-0.2, 0) is 20.4 Å². The highest BCUT2D eigenvalue weighted by Gasteiger charge is 2.52. The number of sulfonamides is 1. The maximum absolute atomic E-state index is 13.6. The van der Waals surface area contributed by atoms with Gasteiger partial charge in [0.25, 0.3) is 0 Å². The SMILES string of the molecule is CC(O)(c1cnc(N2CCN(S(=O)(=O)C3=CC=CCC3=S)C[C@@H]2CN2C3COCC2C(O)C3)nc1)C(F)(F)F. The molecule has 0 radical (unpaired) electrons. The molecule has 5 rings (SSSR count). The smallest absolute Gasteiger partial charge is 0.391 e. The molecule has 1 aliphatic carbocycles. The predicted molar refractivity (Wildman–Crippen MR) is 139 cm³/mol. The average Bonchev–Trinajstić information content (AvgIpc) is 3.04. The Hall–Kier alpha value is -2.01. The van der Waals surface area contributed by atoms with E-state index >= 15 is 0 Å². The highest BCUT2D eigenvalue weighted by molar-refractivity contribution is 7.96. The lowest BCUT2D eigenvalue weighted by atomic mass is 9.99. The minimum Gasteiger partial charge on any atom is -0.391 e. The summed E-state index contributed by atoms with van der Waals surface area (Å²) in [6.07, 6.45) is 2.23. The molecule has 10 nitrogen and oxygen atoms in total. The summed E-state index contributed by atoms with van der Waals surface area (Å²) in [5, 5.41) is 20.5. The van der Waals surface area contributed by atoms with Crippen LogP contribution in [0.15, 0.2) is 35.5 Å². The molecule has 3 saturated heterocycles. The van der Waals surface area contributed by atoms with E-state index in [0.717, 1.165) is 12.4 Å². The lowest BCUT2D eigenvalue weighted by Crippen LogP contribution is -2.61. The molecule has 3 aliphatic heterocycles. The van der Waals surface area contributed by atoms with Gasteiger partial charge in [-0.1, -0.05) is 24.4 Å². The molecule has 2 bridgehead atoms. The van der Waals surface area contributed by atoms with Gasteiger partial charge in [0.1, 0.15) is 0 Å². The topological polar surface area (TPSA) is 119 Å². The maximum atomic E-state index is 13.6. The highest BCUT2D eigenvalue weighted by Crippen LogP contribution is 2.38.